The lowest BCUT2D eigenvalue weighted by molar-refractivity contribution is -0.140. The van der Waals surface area contributed by atoms with E-state index in [1.165, 1.54) is 6.20 Å². The normalized spacial score (nSPS) is 24.4. The molecule has 0 bridgehead atoms. The predicted molar refractivity (Wildman–Crippen MR) is 104 cm³/mol. The number of ether oxygens (including phenoxy) is 1. The van der Waals surface area contributed by atoms with E-state index in [1.807, 2.05) is 4.90 Å². The van der Waals surface area contributed by atoms with Gasteiger partial charge in [-0.05, 0) is 12.8 Å². The Hall–Kier alpha value is -2.05. The van der Waals surface area contributed by atoms with Crippen molar-refractivity contribution < 1.29 is 26.7 Å². The van der Waals surface area contributed by atoms with Gasteiger partial charge in [0.15, 0.2) is 5.15 Å². The lowest BCUT2D eigenvalue weighted by Crippen LogP contribution is -2.57. The van der Waals surface area contributed by atoms with Crippen molar-refractivity contribution in [2.24, 2.45) is 0 Å². The van der Waals surface area contributed by atoms with Crippen LogP contribution in [0.4, 0.5) is 33.6 Å². The molecule has 2 aromatic rings. The molecule has 3 fully saturated rings. The minimum absolute atomic E-state index is 0.0600. The number of aromatic nitrogens is 4. The fourth-order valence-corrected chi connectivity index (χ4v) is 4.30. The number of likely N-dealkylation sites (tertiary alicyclic amines) is 1. The lowest BCUT2D eigenvalue weighted by Gasteiger charge is -2.44. The number of nitrogens with one attached hydrogen (secondary N) is 1. The fraction of sp³-hybridized carbons (Fsp3) is 0.632. The Balaban J connectivity index is 1.39. The molecule has 0 spiro atoms. The van der Waals surface area contributed by atoms with Gasteiger partial charge in [-0.2, -0.15) is 18.3 Å². The van der Waals surface area contributed by atoms with Gasteiger partial charge in [-0.15, -0.1) is 0 Å². The van der Waals surface area contributed by atoms with Crippen LogP contribution in [0.1, 0.15) is 42.5 Å². The van der Waals surface area contributed by atoms with Crippen LogP contribution < -0.4 is 5.32 Å². The molecule has 5 rings (SSSR count). The summed E-state index contributed by atoms with van der Waals surface area (Å²) in [5.74, 6) is -3.38. The maximum Gasteiger partial charge on any atom is 0.419 e. The molecular formula is C19H20ClF5N6O. The lowest BCUT2D eigenvalue weighted by atomic mass is 9.99. The number of hydrogen-bond acceptors (Lipinski definition) is 6. The average Bonchev–Trinajstić information content (AvgIpc) is 3.46. The standard InChI is InChI=1S/C19H20ClF5N6O/c20-16-13(28-17-26-5-12(19(23,24)25)15(29-17)10-1-2-10)6-27-31(16)14-7-30(11-8-32-9-11)4-3-18(14,21)22/h5-6,10-11,14H,1-4,7-9H2,(H,26,28,29). The number of piperidine rings is 1. The van der Waals surface area contributed by atoms with Gasteiger partial charge in [-0.3, -0.25) is 4.90 Å². The Morgan fingerprint density at radius 1 is 1.19 bits per heavy atom. The smallest absolute Gasteiger partial charge is 0.378 e. The zero-order valence-electron chi connectivity index (χ0n) is 16.7. The van der Waals surface area contributed by atoms with Gasteiger partial charge in [0.1, 0.15) is 6.04 Å². The highest BCUT2D eigenvalue weighted by Gasteiger charge is 2.48. The molecule has 0 amide bonds. The van der Waals surface area contributed by atoms with Gasteiger partial charge in [0, 0.05) is 31.6 Å². The van der Waals surface area contributed by atoms with Crippen LogP contribution in [-0.4, -0.2) is 62.9 Å². The van der Waals surface area contributed by atoms with Crippen molar-refractivity contribution in [2.45, 2.75) is 49.4 Å². The molecule has 2 aliphatic heterocycles. The summed E-state index contributed by atoms with van der Waals surface area (Å²) < 4.78 is 75.4. The highest BCUT2D eigenvalue weighted by molar-refractivity contribution is 6.32. The highest BCUT2D eigenvalue weighted by Crippen LogP contribution is 2.45. The first-order valence-corrected chi connectivity index (χ1v) is 10.6. The Morgan fingerprint density at radius 2 is 1.94 bits per heavy atom. The predicted octanol–water partition coefficient (Wildman–Crippen LogP) is 4.25. The molecule has 3 aliphatic rings. The Labute approximate surface area is 184 Å². The molecule has 1 saturated carbocycles. The number of hydrogen-bond donors (Lipinski definition) is 1. The Kier molecular flexibility index (Phi) is 5.29. The summed E-state index contributed by atoms with van der Waals surface area (Å²) in [6, 6.07) is -1.18. The fourth-order valence-electron chi connectivity index (χ4n) is 4.04. The van der Waals surface area contributed by atoms with Crippen LogP contribution >= 0.6 is 11.6 Å². The molecule has 1 unspecified atom stereocenters. The summed E-state index contributed by atoms with van der Waals surface area (Å²) in [5.41, 5.74) is -0.794. The van der Waals surface area contributed by atoms with Gasteiger partial charge in [0.25, 0.3) is 5.92 Å². The topological polar surface area (TPSA) is 68.1 Å². The molecule has 1 atom stereocenters. The van der Waals surface area contributed by atoms with E-state index < -0.39 is 23.7 Å². The van der Waals surface area contributed by atoms with Crippen molar-refractivity contribution in [3.05, 3.63) is 28.8 Å². The SMILES string of the molecule is FC(F)(F)c1cnc(Nc2cnn(C3CN(C4COC4)CCC3(F)F)c2Cl)nc1C1CC1. The number of alkyl halides is 5. The third-order valence-corrected chi connectivity index (χ3v) is 6.50. The van der Waals surface area contributed by atoms with Crippen molar-refractivity contribution >= 4 is 23.2 Å². The highest BCUT2D eigenvalue weighted by atomic mass is 35.5. The van der Waals surface area contributed by atoms with Gasteiger partial charge in [-0.25, -0.2) is 23.4 Å². The molecule has 32 heavy (non-hydrogen) atoms. The largest absolute Gasteiger partial charge is 0.419 e. The maximum absolute atomic E-state index is 14.7. The number of nitrogens with zero attached hydrogens (tertiary/aromatic N) is 5. The molecule has 4 heterocycles. The van der Waals surface area contributed by atoms with Gasteiger partial charge >= 0.3 is 6.18 Å². The second-order valence-corrected chi connectivity index (χ2v) is 8.75. The first-order chi connectivity index (χ1) is 15.1. The Bertz CT molecular complexity index is 1010. The van der Waals surface area contributed by atoms with Crippen LogP contribution in [0.3, 0.4) is 0 Å². The third-order valence-electron chi connectivity index (χ3n) is 6.13. The summed E-state index contributed by atoms with van der Waals surface area (Å²) in [6.45, 7) is 1.33. The van der Waals surface area contributed by atoms with Gasteiger partial charge in [-0.1, -0.05) is 11.6 Å². The molecular weight excluding hydrogens is 459 g/mol. The second-order valence-electron chi connectivity index (χ2n) is 8.40. The molecule has 2 aromatic heterocycles. The first-order valence-electron chi connectivity index (χ1n) is 10.3. The number of anilines is 2. The van der Waals surface area contributed by atoms with E-state index in [4.69, 9.17) is 16.3 Å². The van der Waals surface area contributed by atoms with Crippen LogP contribution in [0.25, 0.3) is 0 Å². The first kappa shape index (κ1) is 21.8. The average molecular weight is 479 g/mol. The van der Waals surface area contributed by atoms with E-state index in [0.29, 0.717) is 26.1 Å². The summed E-state index contributed by atoms with van der Waals surface area (Å²) in [4.78, 5) is 9.72. The minimum atomic E-state index is -4.55. The van der Waals surface area contributed by atoms with Gasteiger partial charge in [0.2, 0.25) is 5.95 Å². The minimum Gasteiger partial charge on any atom is -0.378 e. The maximum atomic E-state index is 14.7. The molecule has 174 valence electrons. The van der Waals surface area contributed by atoms with Crippen molar-refractivity contribution in [1.82, 2.24) is 24.6 Å². The third kappa shape index (κ3) is 4.03. The Morgan fingerprint density at radius 3 is 2.56 bits per heavy atom. The zero-order valence-corrected chi connectivity index (χ0v) is 17.5. The molecule has 2 saturated heterocycles. The summed E-state index contributed by atoms with van der Waals surface area (Å²) >= 11 is 6.35. The summed E-state index contributed by atoms with van der Waals surface area (Å²) in [5, 5.41) is 6.69. The second kappa shape index (κ2) is 7.77. The molecule has 1 aliphatic carbocycles. The monoisotopic (exact) mass is 478 g/mol. The van der Waals surface area contributed by atoms with Crippen LogP contribution in [0.2, 0.25) is 5.15 Å². The van der Waals surface area contributed by atoms with Gasteiger partial charge in [0.05, 0.1) is 42.4 Å². The molecule has 1 N–H and O–H groups in total. The van der Waals surface area contributed by atoms with E-state index >= 15 is 0 Å². The molecule has 0 aromatic carbocycles. The van der Waals surface area contributed by atoms with Crippen LogP contribution in [0, 0.1) is 0 Å². The van der Waals surface area contributed by atoms with E-state index in [9.17, 15) is 22.0 Å². The van der Waals surface area contributed by atoms with E-state index in [-0.39, 0.29) is 54.0 Å². The van der Waals surface area contributed by atoms with Crippen LogP contribution in [0.15, 0.2) is 12.4 Å². The van der Waals surface area contributed by atoms with Crippen molar-refractivity contribution in [2.75, 3.05) is 31.6 Å². The number of halogens is 6. The van der Waals surface area contributed by atoms with Crippen LogP contribution in [0.5, 0.6) is 0 Å². The zero-order chi connectivity index (χ0) is 22.7. The van der Waals surface area contributed by atoms with Gasteiger partial charge < -0.3 is 10.1 Å². The summed E-state index contributed by atoms with van der Waals surface area (Å²) in [7, 11) is 0. The van der Waals surface area contributed by atoms with Crippen molar-refractivity contribution in [3.8, 4) is 0 Å². The molecule has 13 heteroatoms. The van der Waals surface area contributed by atoms with Crippen molar-refractivity contribution in [3.63, 3.8) is 0 Å². The number of rotatable bonds is 5. The van der Waals surface area contributed by atoms with E-state index in [1.54, 1.807) is 0 Å². The molecule has 7 nitrogen and oxygen atoms in total. The molecule has 0 radical (unpaired) electrons. The summed E-state index contributed by atoms with van der Waals surface area (Å²) in [6.07, 6.45) is -1.66. The quantitative estimate of drug-likeness (QED) is 0.648. The van der Waals surface area contributed by atoms with Crippen LogP contribution in [-0.2, 0) is 10.9 Å². The van der Waals surface area contributed by atoms with E-state index in [2.05, 4.69) is 20.4 Å². The van der Waals surface area contributed by atoms with E-state index in [0.717, 1.165) is 10.9 Å². The van der Waals surface area contributed by atoms with Crippen molar-refractivity contribution in [1.29, 1.82) is 0 Å².